The number of halogens is 1. The van der Waals surface area contributed by atoms with Crippen molar-refractivity contribution >= 4 is 27.3 Å². The number of benzene rings is 1. The first-order chi connectivity index (χ1) is 10.2. The van der Waals surface area contributed by atoms with Gasteiger partial charge in [0.15, 0.2) is 0 Å². The smallest absolute Gasteiger partial charge is 0.0750 e. The van der Waals surface area contributed by atoms with E-state index in [-0.39, 0.29) is 0 Å². The average molecular weight is 349 g/mol. The van der Waals surface area contributed by atoms with Crippen LogP contribution in [0.5, 0.6) is 0 Å². The Hall–Kier alpha value is -1.59. The Morgan fingerprint density at radius 3 is 2.71 bits per heavy atom. The molecule has 0 atom stereocenters. The molecule has 0 bridgehead atoms. The lowest BCUT2D eigenvalue weighted by molar-refractivity contribution is 0.325. The molecule has 1 heterocycles. The van der Waals surface area contributed by atoms with Crippen molar-refractivity contribution in [2.45, 2.75) is 13.0 Å². The van der Waals surface area contributed by atoms with Gasteiger partial charge >= 0.3 is 0 Å². The number of hydrogen-bond donors (Lipinski definition) is 2. The molecule has 0 radical (unpaired) electrons. The number of nitrogens with zero attached hydrogens (tertiary/aromatic N) is 2. The number of rotatable bonds is 7. The summed E-state index contributed by atoms with van der Waals surface area (Å²) in [5, 5.41) is 3.36. The second kappa shape index (κ2) is 8.00. The van der Waals surface area contributed by atoms with Gasteiger partial charge in [-0.15, -0.1) is 0 Å². The van der Waals surface area contributed by atoms with Gasteiger partial charge in [-0.3, -0.25) is 4.98 Å². The van der Waals surface area contributed by atoms with E-state index in [4.69, 9.17) is 5.73 Å². The third-order valence-corrected chi connectivity index (χ3v) is 3.84. The summed E-state index contributed by atoms with van der Waals surface area (Å²) in [6.45, 7) is 2.89. The number of nitrogens with one attached hydrogen (secondary N) is 1. The third-order valence-electron chi connectivity index (χ3n) is 3.24. The van der Waals surface area contributed by atoms with E-state index in [2.05, 4.69) is 62.4 Å². The molecular weight excluding hydrogens is 328 g/mol. The second-order valence-corrected chi connectivity index (χ2v) is 5.94. The Morgan fingerprint density at radius 1 is 1.24 bits per heavy atom. The summed E-state index contributed by atoms with van der Waals surface area (Å²) in [4.78, 5) is 6.35. The van der Waals surface area contributed by atoms with E-state index < -0.39 is 0 Å². The summed E-state index contributed by atoms with van der Waals surface area (Å²) in [7, 11) is 2.14. The highest BCUT2D eigenvalue weighted by Crippen LogP contribution is 2.26. The first kappa shape index (κ1) is 15.8. The van der Waals surface area contributed by atoms with Crippen LogP contribution in [0.4, 0.5) is 11.4 Å². The van der Waals surface area contributed by atoms with Crippen molar-refractivity contribution < 1.29 is 0 Å². The molecule has 1 aromatic heterocycles. The number of nitrogen functional groups attached to an aromatic ring is 1. The fourth-order valence-corrected chi connectivity index (χ4v) is 2.66. The highest BCUT2D eigenvalue weighted by atomic mass is 79.9. The minimum absolute atomic E-state index is 0.669. The van der Waals surface area contributed by atoms with Crippen molar-refractivity contribution in [1.82, 2.24) is 9.88 Å². The first-order valence-electron chi connectivity index (χ1n) is 7.02. The molecule has 0 aliphatic rings. The molecule has 3 N–H and O–H groups in total. The largest absolute Gasteiger partial charge is 0.396 e. The van der Waals surface area contributed by atoms with Crippen molar-refractivity contribution in [2.24, 2.45) is 0 Å². The van der Waals surface area contributed by atoms with Gasteiger partial charge in [0, 0.05) is 19.3 Å². The van der Waals surface area contributed by atoms with Crippen LogP contribution in [0.25, 0.3) is 0 Å². The van der Waals surface area contributed by atoms with Crippen LogP contribution < -0.4 is 11.1 Å². The molecule has 0 saturated carbocycles. The van der Waals surface area contributed by atoms with Gasteiger partial charge in [-0.25, -0.2) is 0 Å². The molecule has 1 aromatic carbocycles. The number of anilines is 2. The third kappa shape index (κ3) is 5.02. The molecule has 0 amide bonds. The van der Waals surface area contributed by atoms with Gasteiger partial charge in [-0.05, 0) is 41.5 Å². The normalized spacial score (nSPS) is 10.8. The van der Waals surface area contributed by atoms with Crippen molar-refractivity contribution in [1.29, 1.82) is 0 Å². The molecule has 2 aromatic rings. The zero-order valence-electron chi connectivity index (χ0n) is 12.2. The number of pyridine rings is 1. The van der Waals surface area contributed by atoms with Crippen LogP contribution in [0.3, 0.4) is 0 Å². The molecule has 5 heteroatoms. The zero-order chi connectivity index (χ0) is 15.1. The molecule has 0 aliphatic carbocycles. The van der Waals surface area contributed by atoms with E-state index >= 15 is 0 Å². The Labute approximate surface area is 134 Å². The van der Waals surface area contributed by atoms with Crippen LogP contribution in [0.1, 0.15) is 12.0 Å². The highest BCUT2D eigenvalue weighted by Gasteiger charge is 2.04. The molecule has 0 spiro atoms. The van der Waals surface area contributed by atoms with E-state index in [1.54, 1.807) is 12.4 Å². The van der Waals surface area contributed by atoms with Crippen molar-refractivity contribution in [3.63, 3.8) is 0 Å². The molecule has 0 unspecified atom stereocenters. The lowest BCUT2D eigenvalue weighted by Gasteiger charge is -2.17. The summed E-state index contributed by atoms with van der Waals surface area (Å²) < 4.78 is 0.903. The predicted octanol–water partition coefficient (Wildman–Crippen LogP) is 3.36. The van der Waals surface area contributed by atoms with Crippen LogP contribution in [0.2, 0.25) is 0 Å². The molecule has 21 heavy (non-hydrogen) atoms. The fourth-order valence-electron chi connectivity index (χ4n) is 2.17. The zero-order valence-corrected chi connectivity index (χ0v) is 13.8. The standard InChI is InChI=1S/C16H21BrN4/c1-21(12-13-6-3-2-4-7-13)9-5-8-20-16-14(17)10-19-11-15(16)18/h2-4,6-7,10-11H,5,8-9,12,18H2,1H3,(H,19,20). The van der Waals surface area contributed by atoms with E-state index in [0.29, 0.717) is 5.69 Å². The lowest BCUT2D eigenvalue weighted by atomic mass is 10.2. The SMILES string of the molecule is CN(CCCNc1c(N)cncc1Br)Cc1ccccc1. The maximum absolute atomic E-state index is 5.90. The van der Waals surface area contributed by atoms with E-state index in [0.717, 1.165) is 36.2 Å². The van der Waals surface area contributed by atoms with E-state index in [9.17, 15) is 0 Å². The van der Waals surface area contributed by atoms with Gasteiger partial charge in [0.05, 0.1) is 22.0 Å². The maximum Gasteiger partial charge on any atom is 0.0750 e. The highest BCUT2D eigenvalue weighted by molar-refractivity contribution is 9.10. The Morgan fingerprint density at radius 2 is 2.00 bits per heavy atom. The molecule has 2 rings (SSSR count). The topological polar surface area (TPSA) is 54.2 Å². The van der Waals surface area contributed by atoms with Crippen molar-refractivity contribution in [2.75, 3.05) is 31.2 Å². The molecule has 0 fully saturated rings. The van der Waals surface area contributed by atoms with Crippen molar-refractivity contribution in [3.05, 3.63) is 52.8 Å². The monoisotopic (exact) mass is 348 g/mol. The second-order valence-electron chi connectivity index (χ2n) is 5.09. The molecule has 0 saturated heterocycles. The van der Waals surface area contributed by atoms with Gasteiger partial charge in [-0.1, -0.05) is 30.3 Å². The number of hydrogen-bond acceptors (Lipinski definition) is 4. The summed E-state index contributed by atoms with van der Waals surface area (Å²) in [6.07, 6.45) is 4.46. The number of aromatic nitrogens is 1. The average Bonchev–Trinajstić information content (AvgIpc) is 2.47. The van der Waals surface area contributed by atoms with Gasteiger partial charge < -0.3 is 16.0 Å². The quantitative estimate of drug-likeness (QED) is 0.753. The van der Waals surface area contributed by atoms with Crippen LogP contribution in [0.15, 0.2) is 47.2 Å². The number of nitrogens with two attached hydrogens (primary N) is 1. The van der Waals surface area contributed by atoms with Gasteiger partial charge in [0.25, 0.3) is 0 Å². The summed E-state index contributed by atoms with van der Waals surface area (Å²) in [5.74, 6) is 0. The molecule has 112 valence electrons. The van der Waals surface area contributed by atoms with Crippen LogP contribution >= 0.6 is 15.9 Å². The summed E-state index contributed by atoms with van der Waals surface area (Å²) in [6, 6.07) is 10.5. The molecular formula is C16H21BrN4. The lowest BCUT2D eigenvalue weighted by Crippen LogP contribution is -2.21. The fraction of sp³-hybridized carbons (Fsp3) is 0.312. The van der Waals surface area contributed by atoms with Crippen LogP contribution in [-0.2, 0) is 6.54 Å². The summed E-state index contributed by atoms with van der Waals surface area (Å²) in [5.41, 5.74) is 8.84. The van der Waals surface area contributed by atoms with Gasteiger partial charge in [0.2, 0.25) is 0 Å². The minimum atomic E-state index is 0.669. The van der Waals surface area contributed by atoms with Crippen LogP contribution in [0, 0.1) is 0 Å². The molecule has 0 aliphatic heterocycles. The Bertz CT molecular complexity index is 539. The molecule has 4 nitrogen and oxygen atoms in total. The van der Waals surface area contributed by atoms with E-state index in [1.807, 2.05) is 6.07 Å². The predicted molar refractivity (Wildman–Crippen MR) is 92.2 cm³/mol. The van der Waals surface area contributed by atoms with Crippen molar-refractivity contribution in [3.8, 4) is 0 Å². The maximum atomic E-state index is 5.90. The van der Waals surface area contributed by atoms with E-state index in [1.165, 1.54) is 5.56 Å². The first-order valence-corrected chi connectivity index (χ1v) is 7.81. The van der Waals surface area contributed by atoms with Crippen LogP contribution in [-0.4, -0.2) is 30.0 Å². The van der Waals surface area contributed by atoms with Gasteiger partial charge in [-0.2, -0.15) is 0 Å². The minimum Gasteiger partial charge on any atom is -0.396 e. The Kier molecular flexibility index (Phi) is 6.02. The Balaban J connectivity index is 1.72. The van der Waals surface area contributed by atoms with Gasteiger partial charge in [0.1, 0.15) is 0 Å². The summed E-state index contributed by atoms with van der Waals surface area (Å²) >= 11 is 3.46.